The van der Waals surface area contributed by atoms with Gasteiger partial charge in [0, 0.05) is 12.6 Å². The van der Waals surface area contributed by atoms with Gasteiger partial charge in [0.25, 0.3) is 0 Å². The lowest BCUT2D eigenvalue weighted by molar-refractivity contribution is -0.136. The highest BCUT2D eigenvalue weighted by molar-refractivity contribution is 5.76. The summed E-state index contributed by atoms with van der Waals surface area (Å²) in [7, 11) is 0. The van der Waals surface area contributed by atoms with Crippen molar-refractivity contribution in [2.24, 2.45) is 11.7 Å². The zero-order valence-corrected chi connectivity index (χ0v) is 13.0. The Morgan fingerprint density at radius 1 is 1.43 bits per heavy atom. The van der Waals surface area contributed by atoms with Gasteiger partial charge in [-0.05, 0) is 56.8 Å². The summed E-state index contributed by atoms with van der Waals surface area (Å²) in [4.78, 5) is 14.3. The average molecular weight is 290 g/mol. The van der Waals surface area contributed by atoms with E-state index in [1.165, 1.54) is 0 Å². The van der Waals surface area contributed by atoms with E-state index < -0.39 is 0 Å². The lowest BCUT2D eigenvalue weighted by Crippen LogP contribution is -2.47. The Balaban J connectivity index is 1.81. The molecule has 4 heteroatoms. The molecule has 1 aromatic rings. The van der Waals surface area contributed by atoms with Crippen LogP contribution in [0.15, 0.2) is 24.3 Å². The van der Waals surface area contributed by atoms with Gasteiger partial charge in [-0.25, -0.2) is 0 Å². The van der Waals surface area contributed by atoms with Crippen molar-refractivity contribution >= 4 is 5.91 Å². The van der Waals surface area contributed by atoms with Crippen LogP contribution in [0.1, 0.15) is 31.7 Å². The molecule has 2 atom stereocenters. The lowest BCUT2D eigenvalue weighted by Gasteiger charge is -2.37. The minimum absolute atomic E-state index is 0.174. The van der Waals surface area contributed by atoms with E-state index in [2.05, 4.69) is 6.92 Å². The number of carbonyl (C=O) groups is 1. The maximum atomic E-state index is 12.3. The van der Waals surface area contributed by atoms with Gasteiger partial charge in [-0.2, -0.15) is 0 Å². The van der Waals surface area contributed by atoms with Crippen molar-refractivity contribution in [1.29, 1.82) is 0 Å². The number of amides is 1. The molecule has 0 aliphatic carbocycles. The molecule has 0 bridgehead atoms. The predicted molar refractivity (Wildman–Crippen MR) is 84.2 cm³/mol. The van der Waals surface area contributed by atoms with Crippen LogP contribution >= 0.6 is 0 Å². The first-order valence-corrected chi connectivity index (χ1v) is 7.79. The molecule has 0 radical (unpaired) electrons. The molecule has 0 aromatic heterocycles. The number of likely N-dealkylation sites (tertiary alicyclic amines) is 1. The van der Waals surface area contributed by atoms with E-state index >= 15 is 0 Å². The molecule has 1 aliphatic heterocycles. The predicted octanol–water partition coefficient (Wildman–Crippen LogP) is 2.35. The Bertz CT molecular complexity index is 476. The van der Waals surface area contributed by atoms with Gasteiger partial charge in [0.1, 0.15) is 5.75 Å². The third kappa shape index (κ3) is 4.46. The van der Waals surface area contributed by atoms with E-state index in [-0.39, 0.29) is 5.91 Å². The summed E-state index contributed by atoms with van der Waals surface area (Å²) < 4.78 is 5.66. The van der Waals surface area contributed by atoms with Crippen LogP contribution in [0.3, 0.4) is 0 Å². The molecule has 0 spiro atoms. The molecule has 2 unspecified atom stereocenters. The van der Waals surface area contributed by atoms with E-state index in [4.69, 9.17) is 10.5 Å². The number of benzene rings is 1. The highest BCUT2D eigenvalue weighted by Crippen LogP contribution is 2.22. The maximum Gasteiger partial charge on any atom is 0.226 e. The zero-order chi connectivity index (χ0) is 15.2. The molecule has 1 heterocycles. The lowest BCUT2D eigenvalue weighted by atomic mass is 9.93. The van der Waals surface area contributed by atoms with Crippen molar-refractivity contribution in [3.63, 3.8) is 0 Å². The summed E-state index contributed by atoms with van der Waals surface area (Å²) in [5, 5.41) is 0. The molecule has 21 heavy (non-hydrogen) atoms. The zero-order valence-electron chi connectivity index (χ0n) is 13.0. The van der Waals surface area contributed by atoms with Crippen LogP contribution in [-0.2, 0) is 4.79 Å². The number of rotatable bonds is 5. The van der Waals surface area contributed by atoms with Crippen molar-refractivity contribution in [1.82, 2.24) is 4.90 Å². The van der Waals surface area contributed by atoms with Crippen molar-refractivity contribution in [2.75, 3.05) is 19.7 Å². The van der Waals surface area contributed by atoms with E-state index in [1.54, 1.807) is 0 Å². The molecule has 2 rings (SSSR count). The van der Waals surface area contributed by atoms with Gasteiger partial charge in [-0.3, -0.25) is 4.79 Å². The SMILES string of the molecule is Cc1cccc(OCCC(=O)N2CC(CN)CCC2C)c1. The van der Waals surface area contributed by atoms with Crippen molar-refractivity contribution in [2.45, 2.75) is 39.2 Å². The van der Waals surface area contributed by atoms with Gasteiger partial charge in [0.15, 0.2) is 0 Å². The number of hydrogen-bond donors (Lipinski definition) is 1. The fraction of sp³-hybridized carbons (Fsp3) is 0.588. The third-order valence-corrected chi connectivity index (χ3v) is 4.21. The van der Waals surface area contributed by atoms with E-state index in [0.717, 1.165) is 30.7 Å². The minimum Gasteiger partial charge on any atom is -0.493 e. The summed E-state index contributed by atoms with van der Waals surface area (Å²) in [5.41, 5.74) is 6.90. The molecule has 1 saturated heterocycles. The van der Waals surface area contributed by atoms with Gasteiger partial charge < -0.3 is 15.4 Å². The van der Waals surface area contributed by atoms with Gasteiger partial charge in [-0.15, -0.1) is 0 Å². The van der Waals surface area contributed by atoms with Gasteiger partial charge >= 0.3 is 0 Å². The number of hydrogen-bond acceptors (Lipinski definition) is 3. The monoisotopic (exact) mass is 290 g/mol. The summed E-state index contributed by atoms with van der Waals surface area (Å²) >= 11 is 0. The maximum absolute atomic E-state index is 12.3. The largest absolute Gasteiger partial charge is 0.493 e. The summed E-state index contributed by atoms with van der Waals surface area (Å²) in [5.74, 6) is 1.45. The standard InChI is InChI=1S/C17H26N2O2/c1-13-4-3-5-16(10-13)21-9-8-17(20)19-12-15(11-18)7-6-14(19)2/h3-5,10,14-15H,6-9,11-12,18H2,1-2H3. The van der Waals surface area contributed by atoms with Crippen LogP contribution in [0.2, 0.25) is 0 Å². The minimum atomic E-state index is 0.174. The Kier molecular flexibility index (Phi) is 5.62. The van der Waals surface area contributed by atoms with Crippen LogP contribution in [0, 0.1) is 12.8 Å². The van der Waals surface area contributed by atoms with Crippen LogP contribution < -0.4 is 10.5 Å². The van der Waals surface area contributed by atoms with Crippen molar-refractivity contribution < 1.29 is 9.53 Å². The quantitative estimate of drug-likeness (QED) is 0.905. The first-order valence-electron chi connectivity index (χ1n) is 7.79. The van der Waals surface area contributed by atoms with E-state index in [9.17, 15) is 4.79 Å². The topological polar surface area (TPSA) is 55.6 Å². The molecule has 1 aromatic carbocycles. The number of aryl methyl sites for hydroxylation is 1. The fourth-order valence-corrected chi connectivity index (χ4v) is 2.83. The molecule has 4 nitrogen and oxygen atoms in total. The highest BCUT2D eigenvalue weighted by Gasteiger charge is 2.27. The van der Waals surface area contributed by atoms with Crippen LogP contribution in [0.5, 0.6) is 5.75 Å². The summed E-state index contributed by atoms with van der Waals surface area (Å²) in [6.45, 7) is 6.03. The van der Waals surface area contributed by atoms with Crippen molar-refractivity contribution in [3.8, 4) is 5.75 Å². The smallest absolute Gasteiger partial charge is 0.226 e. The fourth-order valence-electron chi connectivity index (χ4n) is 2.83. The molecular formula is C17H26N2O2. The Morgan fingerprint density at radius 3 is 2.95 bits per heavy atom. The van der Waals surface area contributed by atoms with Crippen LogP contribution in [0.25, 0.3) is 0 Å². The first kappa shape index (κ1) is 15.8. The number of carbonyl (C=O) groups excluding carboxylic acids is 1. The number of nitrogens with two attached hydrogens (primary N) is 1. The van der Waals surface area contributed by atoms with Gasteiger partial charge in [0.2, 0.25) is 5.91 Å². The normalized spacial score (nSPS) is 22.1. The number of ether oxygens (including phenoxy) is 1. The summed E-state index contributed by atoms with van der Waals surface area (Å²) in [6.07, 6.45) is 2.60. The van der Waals surface area contributed by atoms with Crippen molar-refractivity contribution in [3.05, 3.63) is 29.8 Å². The summed E-state index contributed by atoms with van der Waals surface area (Å²) in [6, 6.07) is 8.22. The number of nitrogens with zero attached hydrogens (tertiary/aromatic N) is 1. The van der Waals surface area contributed by atoms with Crippen LogP contribution in [0.4, 0.5) is 0 Å². The molecular weight excluding hydrogens is 264 g/mol. The average Bonchev–Trinajstić information content (AvgIpc) is 2.47. The highest BCUT2D eigenvalue weighted by atomic mass is 16.5. The molecule has 1 fully saturated rings. The second-order valence-electron chi connectivity index (χ2n) is 5.99. The molecule has 0 saturated carbocycles. The van der Waals surface area contributed by atoms with Gasteiger partial charge in [-0.1, -0.05) is 12.1 Å². The molecule has 1 amide bonds. The number of piperidine rings is 1. The third-order valence-electron chi connectivity index (χ3n) is 4.21. The Hall–Kier alpha value is -1.55. The molecule has 1 aliphatic rings. The Labute approximate surface area is 127 Å². The van der Waals surface area contributed by atoms with E-state index in [0.29, 0.717) is 31.5 Å². The molecule has 116 valence electrons. The second kappa shape index (κ2) is 7.46. The first-order chi connectivity index (χ1) is 10.1. The van der Waals surface area contributed by atoms with Crippen LogP contribution in [-0.4, -0.2) is 36.5 Å². The molecule has 2 N–H and O–H groups in total. The van der Waals surface area contributed by atoms with E-state index in [1.807, 2.05) is 36.1 Å². The Morgan fingerprint density at radius 2 is 2.24 bits per heavy atom. The van der Waals surface area contributed by atoms with Gasteiger partial charge in [0.05, 0.1) is 13.0 Å². The second-order valence-corrected chi connectivity index (χ2v) is 5.99.